The van der Waals surface area contributed by atoms with E-state index in [2.05, 4.69) is 10.3 Å². The Morgan fingerprint density at radius 1 is 1.16 bits per heavy atom. The molecule has 1 atom stereocenters. The molecule has 1 unspecified atom stereocenters. The number of fused-ring (bicyclic) bond motifs is 1. The van der Waals surface area contributed by atoms with E-state index in [0.717, 1.165) is 10.5 Å². The molecule has 0 aromatic heterocycles. The third kappa shape index (κ3) is 4.75. The molecule has 0 aliphatic carbocycles. The Morgan fingerprint density at radius 2 is 1.77 bits per heavy atom. The van der Waals surface area contributed by atoms with Gasteiger partial charge in [-0.25, -0.2) is 9.79 Å². The minimum absolute atomic E-state index is 0.111. The van der Waals surface area contributed by atoms with Crippen molar-refractivity contribution in [1.82, 2.24) is 10.2 Å². The van der Waals surface area contributed by atoms with Gasteiger partial charge < -0.3 is 4.74 Å². The Morgan fingerprint density at radius 3 is 2.29 bits per heavy atom. The van der Waals surface area contributed by atoms with Crippen molar-refractivity contribution in [2.45, 2.75) is 19.4 Å². The quantitative estimate of drug-likeness (QED) is 0.185. The van der Waals surface area contributed by atoms with Crippen molar-refractivity contribution in [3.05, 3.63) is 65.2 Å². The molecule has 0 saturated heterocycles. The SMILES string of the molecule is CCOC(=O)C(Cc1ccc(N=C(NC#N)SC)cc1)N1C(=O)c2ccccc2C1=O. The average molecular weight is 436 g/mol. The first-order chi connectivity index (χ1) is 15.0. The lowest BCUT2D eigenvalue weighted by Crippen LogP contribution is -2.47. The number of nitrogens with one attached hydrogen (secondary N) is 1. The largest absolute Gasteiger partial charge is 0.464 e. The highest BCUT2D eigenvalue weighted by molar-refractivity contribution is 8.13. The van der Waals surface area contributed by atoms with Gasteiger partial charge in [0, 0.05) is 6.42 Å². The fraction of sp³-hybridized carbons (Fsp3) is 0.227. The van der Waals surface area contributed by atoms with E-state index in [4.69, 9.17) is 10.00 Å². The van der Waals surface area contributed by atoms with Crippen LogP contribution in [0.25, 0.3) is 0 Å². The fourth-order valence-corrected chi connectivity index (χ4v) is 3.57. The number of carbonyl (C=O) groups excluding carboxylic acids is 3. The van der Waals surface area contributed by atoms with Crippen LogP contribution in [0.1, 0.15) is 33.2 Å². The number of nitriles is 1. The molecule has 1 aliphatic rings. The van der Waals surface area contributed by atoms with Gasteiger partial charge in [0.1, 0.15) is 6.04 Å². The summed E-state index contributed by atoms with van der Waals surface area (Å²) in [6, 6.07) is 12.4. The van der Waals surface area contributed by atoms with E-state index in [1.165, 1.54) is 11.8 Å². The number of amides is 2. The molecule has 1 N–H and O–H groups in total. The standard InChI is InChI=1S/C22H20N4O4S/c1-3-30-21(29)18(26-19(27)16-6-4-5-7-17(16)20(26)28)12-14-8-10-15(11-9-14)25-22(31-2)24-13-23/h4-11,18H,3,12H2,1-2H3,(H,24,25). The van der Waals surface area contributed by atoms with E-state index in [9.17, 15) is 14.4 Å². The summed E-state index contributed by atoms with van der Waals surface area (Å²) in [5.74, 6) is -1.65. The van der Waals surface area contributed by atoms with Gasteiger partial charge in [-0.1, -0.05) is 36.0 Å². The van der Waals surface area contributed by atoms with Gasteiger partial charge in [0.2, 0.25) is 0 Å². The first-order valence-electron chi connectivity index (χ1n) is 9.50. The van der Waals surface area contributed by atoms with Gasteiger partial charge in [0.15, 0.2) is 11.4 Å². The molecule has 158 valence electrons. The van der Waals surface area contributed by atoms with Crippen molar-refractivity contribution < 1.29 is 19.1 Å². The molecule has 31 heavy (non-hydrogen) atoms. The summed E-state index contributed by atoms with van der Waals surface area (Å²) in [6.45, 7) is 1.80. The van der Waals surface area contributed by atoms with E-state index in [0.29, 0.717) is 10.9 Å². The van der Waals surface area contributed by atoms with E-state index in [1.807, 2.05) is 6.19 Å². The second-order valence-electron chi connectivity index (χ2n) is 6.52. The summed E-state index contributed by atoms with van der Waals surface area (Å²) in [7, 11) is 0. The molecule has 1 heterocycles. The molecule has 0 spiro atoms. The van der Waals surface area contributed by atoms with Crippen molar-refractivity contribution in [3.8, 4) is 6.19 Å². The van der Waals surface area contributed by atoms with Crippen LogP contribution in [0.4, 0.5) is 5.69 Å². The number of ether oxygens (including phenoxy) is 1. The number of benzene rings is 2. The normalized spacial score (nSPS) is 14.1. The van der Waals surface area contributed by atoms with E-state index >= 15 is 0 Å². The van der Waals surface area contributed by atoms with Crippen molar-refractivity contribution >= 4 is 40.4 Å². The predicted molar refractivity (Wildman–Crippen MR) is 117 cm³/mol. The molecule has 8 nitrogen and oxygen atoms in total. The number of aliphatic imine (C=N–C) groups is 1. The maximum absolute atomic E-state index is 12.9. The number of thioether (sulfide) groups is 1. The second-order valence-corrected chi connectivity index (χ2v) is 7.32. The minimum Gasteiger partial charge on any atom is -0.464 e. The van der Waals surface area contributed by atoms with Gasteiger partial charge in [0.05, 0.1) is 23.4 Å². The van der Waals surface area contributed by atoms with Crippen molar-refractivity contribution in [1.29, 1.82) is 5.26 Å². The number of hydrogen-bond donors (Lipinski definition) is 1. The summed E-state index contributed by atoms with van der Waals surface area (Å²) >= 11 is 1.30. The molecular formula is C22H20N4O4S. The fourth-order valence-electron chi connectivity index (χ4n) is 3.23. The van der Waals surface area contributed by atoms with E-state index in [-0.39, 0.29) is 24.2 Å². The minimum atomic E-state index is -1.08. The summed E-state index contributed by atoms with van der Waals surface area (Å²) in [4.78, 5) is 43.7. The van der Waals surface area contributed by atoms with Crippen molar-refractivity contribution in [2.24, 2.45) is 4.99 Å². The Bertz CT molecular complexity index is 1040. The molecule has 0 fully saturated rings. The number of rotatable bonds is 6. The lowest BCUT2D eigenvalue weighted by atomic mass is 10.0. The topological polar surface area (TPSA) is 112 Å². The first kappa shape index (κ1) is 22.1. The molecule has 0 bridgehead atoms. The third-order valence-corrected chi connectivity index (χ3v) is 5.23. The molecule has 2 aromatic carbocycles. The van der Waals surface area contributed by atoms with Crippen LogP contribution in [-0.2, 0) is 16.0 Å². The Balaban J connectivity index is 1.86. The second kappa shape index (κ2) is 9.91. The molecule has 1 aliphatic heterocycles. The summed E-state index contributed by atoms with van der Waals surface area (Å²) < 4.78 is 5.15. The molecule has 0 saturated carbocycles. The van der Waals surface area contributed by atoms with Crippen LogP contribution in [0.3, 0.4) is 0 Å². The highest BCUT2D eigenvalue weighted by atomic mass is 32.2. The summed E-state index contributed by atoms with van der Waals surface area (Å²) in [5, 5.41) is 11.7. The van der Waals surface area contributed by atoms with Crippen LogP contribution in [0.5, 0.6) is 0 Å². The lowest BCUT2D eigenvalue weighted by molar-refractivity contribution is -0.147. The van der Waals surface area contributed by atoms with Gasteiger partial charge in [-0.3, -0.25) is 19.8 Å². The van der Waals surface area contributed by atoms with Crippen molar-refractivity contribution in [3.63, 3.8) is 0 Å². The number of amidine groups is 1. The van der Waals surface area contributed by atoms with Crippen LogP contribution in [0.2, 0.25) is 0 Å². The number of imide groups is 1. The van der Waals surface area contributed by atoms with Crippen molar-refractivity contribution in [2.75, 3.05) is 12.9 Å². The number of esters is 1. The van der Waals surface area contributed by atoms with Gasteiger partial charge in [-0.2, -0.15) is 5.26 Å². The van der Waals surface area contributed by atoms with E-state index < -0.39 is 23.8 Å². The highest BCUT2D eigenvalue weighted by Crippen LogP contribution is 2.27. The maximum Gasteiger partial charge on any atom is 0.329 e. The average Bonchev–Trinajstić information content (AvgIpc) is 3.03. The van der Waals surface area contributed by atoms with Gasteiger partial charge >= 0.3 is 5.97 Å². The predicted octanol–water partition coefficient (Wildman–Crippen LogP) is 2.88. The van der Waals surface area contributed by atoms with Crippen LogP contribution >= 0.6 is 11.8 Å². The smallest absolute Gasteiger partial charge is 0.329 e. The third-order valence-electron chi connectivity index (χ3n) is 4.65. The van der Waals surface area contributed by atoms with Crippen LogP contribution in [-0.4, -0.2) is 46.8 Å². The van der Waals surface area contributed by atoms with Gasteiger partial charge in [0.25, 0.3) is 11.8 Å². The summed E-state index contributed by atoms with van der Waals surface area (Å²) in [6.07, 6.45) is 3.73. The first-order valence-corrected chi connectivity index (χ1v) is 10.7. The summed E-state index contributed by atoms with van der Waals surface area (Å²) in [5.41, 5.74) is 1.90. The molecule has 9 heteroatoms. The molecule has 0 radical (unpaired) electrons. The van der Waals surface area contributed by atoms with Crippen LogP contribution < -0.4 is 5.32 Å². The Labute approximate surface area is 183 Å². The lowest BCUT2D eigenvalue weighted by Gasteiger charge is -2.24. The zero-order valence-electron chi connectivity index (χ0n) is 17.0. The van der Waals surface area contributed by atoms with E-state index in [1.54, 1.807) is 61.7 Å². The molecule has 2 aromatic rings. The zero-order chi connectivity index (χ0) is 22.4. The number of carbonyl (C=O) groups is 3. The maximum atomic E-state index is 12.9. The monoisotopic (exact) mass is 436 g/mol. The molecule has 3 rings (SSSR count). The van der Waals surface area contributed by atoms with Crippen LogP contribution in [0.15, 0.2) is 53.5 Å². The van der Waals surface area contributed by atoms with Gasteiger partial charge in [-0.15, -0.1) is 0 Å². The number of hydrogen-bond acceptors (Lipinski definition) is 7. The van der Waals surface area contributed by atoms with Crippen LogP contribution in [0, 0.1) is 11.5 Å². The van der Waals surface area contributed by atoms with Gasteiger partial charge in [-0.05, 0) is 43.0 Å². The molecule has 2 amide bonds. The highest BCUT2D eigenvalue weighted by Gasteiger charge is 2.43. The number of nitrogens with zero attached hydrogens (tertiary/aromatic N) is 3. The molecular weight excluding hydrogens is 416 g/mol. The zero-order valence-corrected chi connectivity index (χ0v) is 17.8. The Hall–Kier alpha value is -3.64. The Kier molecular flexibility index (Phi) is 7.05.